The van der Waals surface area contributed by atoms with Crippen LogP contribution in [0.25, 0.3) is 0 Å². The van der Waals surface area contributed by atoms with E-state index in [1.165, 1.54) is 11.1 Å². The fraction of sp³-hybridized carbons (Fsp3) is 0.250. The first-order valence-corrected chi connectivity index (χ1v) is 11.1. The minimum Gasteiger partial charge on any atom is -0.385 e. The lowest BCUT2D eigenvalue weighted by Crippen LogP contribution is -2.41. The molecule has 3 rings (SSSR count). The van der Waals surface area contributed by atoms with Crippen LogP contribution in [0.5, 0.6) is 0 Å². The first-order chi connectivity index (χ1) is 14.8. The number of hydrogen-bond acceptors (Lipinski definition) is 5. The summed E-state index contributed by atoms with van der Waals surface area (Å²) in [6, 6.07) is 24.5. The molecule has 1 atom stereocenters. The predicted octanol–water partition coefficient (Wildman–Crippen LogP) is 4.05. The maximum absolute atomic E-state index is 12.5. The number of amides is 1. The molecular formula is C24H28N4OS. The molecule has 0 spiro atoms. The molecule has 1 heterocycles. The summed E-state index contributed by atoms with van der Waals surface area (Å²) in [4.78, 5) is 16.5. The number of nitrogens with one attached hydrogen (secondary N) is 3. The van der Waals surface area contributed by atoms with Crippen LogP contribution in [0.4, 0.5) is 5.69 Å². The molecule has 0 fully saturated rings. The number of pyridine rings is 1. The molecule has 1 amide bonds. The number of carbonyl (C=O) groups excluding carboxylic acids is 1. The van der Waals surface area contributed by atoms with Crippen molar-refractivity contribution < 1.29 is 4.79 Å². The molecule has 5 nitrogen and oxygen atoms in total. The fourth-order valence-electron chi connectivity index (χ4n) is 3.09. The maximum atomic E-state index is 12.5. The summed E-state index contributed by atoms with van der Waals surface area (Å²) in [6.45, 7) is 1.07. The van der Waals surface area contributed by atoms with Crippen LogP contribution in [0.2, 0.25) is 0 Å². The van der Waals surface area contributed by atoms with Crippen LogP contribution < -0.4 is 15.4 Å². The van der Waals surface area contributed by atoms with Crippen LogP contribution in [0.1, 0.15) is 17.5 Å². The smallest absolute Gasteiger partial charge is 0.235 e. The van der Waals surface area contributed by atoms with Crippen molar-refractivity contribution in [2.24, 2.45) is 0 Å². The van der Waals surface area contributed by atoms with Gasteiger partial charge in [-0.25, -0.2) is 0 Å². The molecule has 0 aliphatic carbocycles. The fourth-order valence-corrected chi connectivity index (χ4v) is 3.78. The van der Waals surface area contributed by atoms with Crippen molar-refractivity contribution in [1.29, 1.82) is 0 Å². The molecule has 0 saturated carbocycles. The molecule has 1 aromatic heterocycles. The van der Waals surface area contributed by atoms with Crippen molar-refractivity contribution in [1.82, 2.24) is 15.0 Å². The molecule has 0 radical (unpaired) electrons. The van der Waals surface area contributed by atoms with Gasteiger partial charge in [-0.15, -0.1) is 0 Å². The van der Waals surface area contributed by atoms with Gasteiger partial charge >= 0.3 is 0 Å². The Morgan fingerprint density at radius 2 is 1.57 bits per heavy atom. The zero-order chi connectivity index (χ0) is 20.9. The van der Waals surface area contributed by atoms with E-state index in [1.807, 2.05) is 48.5 Å². The SMILES string of the molecule is O=C(CNSCc1ccccc1)NC(CCNc1ccncc1)Cc1ccccc1. The number of rotatable bonds is 12. The average molecular weight is 421 g/mol. The minimum absolute atomic E-state index is 0.0143. The summed E-state index contributed by atoms with van der Waals surface area (Å²) in [5.74, 6) is 0.845. The summed E-state index contributed by atoms with van der Waals surface area (Å²) in [5.41, 5.74) is 3.49. The monoisotopic (exact) mass is 420 g/mol. The second kappa shape index (κ2) is 12.7. The molecule has 3 N–H and O–H groups in total. The Morgan fingerprint density at radius 1 is 0.900 bits per heavy atom. The number of carbonyl (C=O) groups is 1. The highest BCUT2D eigenvalue weighted by atomic mass is 32.2. The molecule has 0 aliphatic rings. The van der Waals surface area contributed by atoms with Crippen molar-refractivity contribution in [3.63, 3.8) is 0 Å². The molecule has 156 valence electrons. The van der Waals surface area contributed by atoms with E-state index < -0.39 is 0 Å². The Morgan fingerprint density at radius 3 is 2.27 bits per heavy atom. The van der Waals surface area contributed by atoms with Gasteiger partial charge in [0.1, 0.15) is 0 Å². The van der Waals surface area contributed by atoms with Gasteiger partial charge in [-0.05, 0) is 36.1 Å². The van der Waals surface area contributed by atoms with Gasteiger partial charge < -0.3 is 10.6 Å². The number of hydrogen-bond donors (Lipinski definition) is 3. The summed E-state index contributed by atoms with van der Waals surface area (Å²) in [5, 5.41) is 6.58. The van der Waals surface area contributed by atoms with Gasteiger partial charge in [0, 0.05) is 36.4 Å². The first kappa shape index (κ1) is 21.9. The van der Waals surface area contributed by atoms with Gasteiger partial charge in [0.25, 0.3) is 0 Å². The molecule has 0 saturated heterocycles. The van der Waals surface area contributed by atoms with Gasteiger partial charge in [0.05, 0.1) is 6.54 Å². The van der Waals surface area contributed by atoms with Crippen molar-refractivity contribution in [2.75, 3.05) is 18.4 Å². The molecule has 0 aliphatic heterocycles. The van der Waals surface area contributed by atoms with Crippen molar-refractivity contribution in [3.8, 4) is 0 Å². The van der Waals surface area contributed by atoms with Crippen LogP contribution in [0, 0.1) is 0 Å². The topological polar surface area (TPSA) is 66.1 Å². The Labute approximate surface area is 182 Å². The van der Waals surface area contributed by atoms with Gasteiger partial charge in [0.2, 0.25) is 5.91 Å². The normalized spacial score (nSPS) is 11.6. The second-order valence-electron chi connectivity index (χ2n) is 7.00. The van der Waals surface area contributed by atoms with E-state index in [0.717, 1.165) is 30.8 Å². The largest absolute Gasteiger partial charge is 0.385 e. The molecule has 1 unspecified atom stereocenters. The van der Waals surface area contributed by atoms with Crippen LogP contribution in [-0.2, 0) is 17.0 Å². The van der Waals surface area contributed by atoms with Crippen molar-refractivity contribution >= 4 is 23.5 Å². The highest BCUT2D eigenvalue weighted by Crippen LogP contribution is 2.09. The van der Waals surface area contributed by atoms with Gasteiger partial charge in [-0.1, -0.05) is 72.6 Å². The maximum Gasteiger partial charge on any atom is 0.235 e. The number of anilines is 1. The molecular weight excluding hydrogens is 392 g/mol. The van der Waals surface area contributed by atoms with Crippen LogP contribution in [0.15, 0.2) is 85.2 Å². The van der Waals surface area contributed by atoms with Gasteiger partial charge in [-0.2, -0.15) is 0 Å². The molecule has 30 heavy (non-hydrogen) atoms. The molecule has 2 aromatic carbocycles. The van der Waals surface area contributed by atoms with Crippen molar-refractivity contribution in [3.05, 3.63) is 96.3 Å². The molecule has 3 aromatic rings. The summed E-state index contributed by atoms with van der Waals surface area (Å²) < 4.78 is 3.17. The van der Waals surface area contributed by atoms with E-state index in [0.29, 0.717) is 6.54 Å². The Hall–Kier alpha value is -2.83. The lowest BCUT2D eigenvalue weighted by Gasteiger charge is -2.20. The third kappa shape index (κ3) is 8.27. The van der Waals surface area contributed by atoms with Gasteiger partial charge in [-0.3, -0.25) is 14.5 Å². The lowest BCUT2D eigenvalue weighted by atomic mass is 10.0. The number of aromatic nitrogens is 1. The Bertz CT molecular complexity index is 862. The quantitative estimate of drug-likeness (QED) is 0.305. The summed E-state index contributed by atoms with van der Waals surface area (Å²) in [7, 11) is 0. The van der Waals surface area contributed by atoms with Gasteiger partial charge in [0.15, 0.2) is 0 Å². The summed E-state index contributed by atoms with van der Waals surface area (Å²) in [6.07, 6.45) is 5.18. The molecule has 6 heteroatoms. The van der Waals surface area contributed by atoms with Crippen LogP contribution in [-0.4, -0.2) is 30.0 Å². The third-order valence-corrected chi connectivity index (χ3v) is 5.43. The van der Waals surface area contributed by atoms with Crippen molar-refractivity contribution in [2.45, 2.75) is 24.6 Å². The van der Waals surface area contributed by atoms with E-state index >= 15 is 0 Å². The van der Waals surface area contributed by atoms with Crippen LogP contribution in [0.3, 0.4) is 0 Å². The zero-order valence-electron chi connectivity index (χ0n) is 17.0. The van der Waals surface area contributed by atoms with E-state index in [4.69, 9.17) is 0 Å². The predicted molar refractivity (Wildman–Crippen MR) is 125 cm³/mol. The lowest BCUT2D eigenvalue weighted by molar-refractivity contribution is -0.120. The molecule has 0 bridgehead atoms. The summed E-state index contributed by atoms with van der Waals surface area (Å²) >= 11 is 1.55. The Kier molecular flexibility index (Phi) is 9.24. The number of nitrogens with zero attached hydrogens (tertiary/aromatic N) is 1. The van der Waals surface area contributed by atoms with E-state index in [1.54, 1.807) is 24.3 Å². The standard InChI is InChI=1S/C24H28N4OS/c29-24(18-27-30-19-21-9-5-2-6-10-21)28-23(17-20-7-3-1-4-8-20)13-16-26-22-11-14-25-15-12-22/h1-12,14-15,23,27H,13,16-19H2,(H,25,26)(H,28,29). The zero-order valence-corrected chi connectivity index (χ0v) is 17.8. The second-order valence-corrected chi connectivity index (χ2v) is 7.87. The van der Waals surface area contributed by atoms with E-state index in [9.17, 15) is 4.79 Å². The minimum atomic E-state index is 0.0143. The first-order valence-electron chi connectivity index (χ1n) is 10.2. The van der Waals surface area contributed by atoms with E-state index in [-0.39, 0.29) is 11.9 Å². The van der Waals surface area contributed by atoms with Crippen LogP contribution >= 0.6 is 11.9 Å². The average Bonchev–Trinajstić information content (AvgIpc) is 2.79. The van der Waals surface area contributed by atoms with E-state index in [2.05, 4.69) is 44.6 Å². The third-order valence-electron chi connectivity index (χ3n) is 4.61. The highest BCUT2D eigenvalue weighted by molar-refractivity contribution is 7.96. The highest BCUT2D eigenvalue weighted by Gasteiger charge is 2.13. The Balaban J connectivity index is 1.44. The number of benzene rings is 2.